The maximum absolute atomic E-state index is 11.6. The van der Waals surface area contributed by atoms with E-state index >= 15 is 0 Å². The summed E-state index contributed by atoms with van der Waals surface area (Å²) in [7, 11) is 0. The monoisotopic (exact) mass is 389 g/mol. The Hall–Kier alpha value is -1.99. The van der Waals surface area contributed by atoms with Gasteiger partial charge in [0.1, 0.15) is 5.75 Å². The first-order valence-electron chi connectivity index (χ1n) is 9.55. The molecule has 1 fully saturated rings. The van der Waals surface area contributed by atoms with Crippen LogP contribution in [0.1, 0.15) is 44.2 Å². The van der Waals surface area contributed by atoms with Gasteiger partial charge in [-0.2, -0.15) is 0 Å². The van der Waals surface area contributed by atoms with E-state index in [-0.39, 0.29) is 17.3 Å². The largest absolute Gasteiger partial charge is 0.493 e. The Bertz CT molecular complexity index is 845. The molecule has 7 heteroatoms. The van der Waals surface area contributed by atoms with Crippen LogP contribution in [0.2, 0.25) is 0 Å². The molecule has 146 valence electrons. The minimum absolute atomic E-state index is 0.260. The fourth-order valence-electron chi connectivity index (χ4n) is 2.79. The lowest BCUT2D eigenvalue weighted by atomic mass is 10.1. The third kappa shape index (κ3) is 6.29. The number of aryl methyl sites for hydroxylation is 1. The van der Waals surface area contributed by atoms with Crippen LogP contribution >= 0.6 is 11.9 Å². The van der Waals surface area contributed by atoms with Crippen LogP contribution in [0, 0.1) is 5.92 Å². The van der Waals surface area contributed by atoms with E-state index in [0.29, 0.717) is 6.54 Å². The molecule has 0 radical (unpaired) electrons. The van der Waals surface area contributed by atoms with Gasteiger partial charge in [-0.25, -0.2) is 4.79 Å². The third-order valence-electron chi connectivity index (χ3n) is 4.62. The van der Waals surface area contributed by atoms with Crippen molar-refractivity contribution < 1.29 is 4.74 Å². The summed E-state index contributed by atoms with van der Waals surface area (Å²) in [6, 6.07) is 9.96. The average molecular weight is 390 g/mol. The SMILES string of the molecule is CCC(NSCCCn1ccc(=O)[nH]c1=O)c1cccc(OCC2CC2)c1. The van der Waals surface area contributed by atoms with E-state index in [4.69, 9.17) is 4.74 Å². The van der Waals surface area contributed by atoms with Gasteiger partial charge < -0.3 is 9.30 Å². The highest BCUT2D eigenvalue weighted by Gasteiger charge is 2.22. The second-order valence-electron chi connectivity index (χ2n) is 6.91. The molecule has 1 aliphatic rings. The predicted molar refractivity (Wildman–Crippen MR) is 109 cm³/mol. The maximum Gasteiger partial charge on any atom is 0.328 e. The van der Waals surface area contributed by atoms with Crippen LogP contribution in [0.15, 0.2) is 46.1 Å². The number of aromatic nitrogens is 2. The molecule has 2 aromatic rings. The molecule has 0 saturated heterocycles. The lowest BCUT2D eigenvalue weighted by Gasteiger charge is -2.18. The molecule has 0 bridgehead atoms. The fourth-order valence-corrected chi connectivity index (χ4v) is 3.69. The summed E-state index contributed by atoms with van der Waals surface area (Å²) in [6.07, 6.45) is 5.95. The first kappa shape index (κ1) is 19.8. The number of ether oxygens (including phenoxy) is 1. The molecule has 1 aromatic heterocycles. The van der Waals surface area contributed by atoms with Crippen molar-refractivity contribution in [3.63, 3.8) is 0 Å². The van der Waals surface area contributed by atoms with E-state index in [9.17, 15) is 9.59 Å². The van der Waals surface area contributed by atoms with Crippen LogP contribution in [0.25, 0.3) is 0 Å². The molecule has 0 spiro atoms. The van der Waals surface area contributed by atoms with Gasteiger partial charge in [0.15, 0.2) is 0 Å². The normalized spacial score (nSPS) is 14.9. The Morgan fingerprint density at radius 3 is 2.93 bits per heavy atom. The predicted octanol–water partition coefficient (Wildman–Crippen LogP) is 3.10. The van der Waals surface area contributed by atoms with Crippen LogP contribution in [-0.4, -0.2) is 21.9 Å². The molecule has 1 heterocycles. The number of H-pyrrole nitrogens is 1. The molecule has 2 N–H and O–H groups in total. The molecule has 0 amide bonds. The van der Waals surface area contributed by atoms with Gasteiger partial charge in [0, 0.05) is 30.6 Å². The van der Waals surface area contributed by atoms with E-state index in [0.717, 1.165) is 36.9 Å². The average Bonchev–Trinajstić information content (AvgIpc) is 3.49. The Morgan fingerprint density at radius 2 is 2.19 bits per heavy atom. The van der Waals surface area contributed by atoms with Crippen molar-refractivity contribution in [1.82, 2.24) is 14.3 Å². The zero-order chi connectivity index (χ0) is 19.1. The van der Waals surface area contributed by atoms with Crippen molar-refractivity contribution in [3.05, 3.63) is 62.9 Å². The van der Waals surface area contributed by atoms with Crippen molar-refractivity contribution in [1.29, 1.82) is 0 Å². The zero-order valence-corrected chi connectivity index (χ0v) is 16.5. The number of hydrogen-bond donors (Lipinski definition) is 2. The Kier molecular flexibility index (Phi) is 7.18. The van der Waals surface area contributed by atoms with Gasteiger partial charge in [0.25, 0.3) is 5.56 Å². The molecule has 1 aromatic carbocycles. The Morgan fingerprint density at radius 1 is 1.33 bits per heavy atom. The highest BCUT2D eigenvalue weighted by molar-refractivity contribution is 7.97. The molecule has 1 saturated carbocycles. The van der Waals surface area contributed by atoms with Crippen molar-refractivity contribution in [2.75, 3.05) is 12.4 Å². The first-order valence-corrected chi connectivity index (χ1v) is 10.5. The molecule has 1 aliphatic carbocycles. The topological polar surface area (TPSA) is 76.1 Å². The summed E-state index contributed by atoms with van der Waals surface area (Å²) in [5.41, 5.74) is 0.520. The summed E-state index contributed by atoms with van der Waals surface area (Å²) in [6.45, 7) is 3.58. The van der Waals surface area contributed by atoms with E-state index in [1.165, 1.54) is 29.0 Å². The van der Waals surface area contributed by atoms with Crippen molar-refractivity contribution in [3.8, 4) is 5.75 Å². The molecule has 3 rings (SSSR count). The van der Waals surface area contributed by atoms with Gasteiger partial charge in [0.05, 0.1) is 6.61 Å². The number of aromatic amines is 1. The van der Waals surface area contributed by atoms with Crippen LogP contribution in [0.3, 0.4) is 0 Å². The second kappa shape index (κ2) is 9.80. The van der Waals surface area contributed by atoms with Gasteiger partial charge in [-0.15, -0.1) is 0 Å². The van der Waals surface area contributed by atoms with Gasteiger partial charge in [-0.1, -0.05) is 31.0 Å². The Balaban J connectivity index is 1.43. The third-order valence-corrected chi connectivity index (χ3v) is 5.56. The first-order chi connectivity index (χ1) is 13.2. The second-order valence-corrected chi connectivity index (χ2v) is 7.84. The quantitative estimate of drug-likeness (QED) is 0.456. The maximum atomic E-state index is 11.6. The highest BCUT2D eigenvalue weighted by Crippen LogP contribution is 2.30. The number of rotatable bonds is 11. The molecular weight excluding hydrogens is 362 g/mol. The molecule has 6 nitrogen and oxygen atoms in total. The van der Waals surface area contributed by atoms with Gasteiger partial charge >= 0.3 is 5.69 Å². The van der Waals surface area contributed by atoms with Crippen LogP contribution in [-0.2, 0) is 6.54 Å². The molecule has 0 aliphatic heterocycles. The van der Waals surface area contributed by atoms with Crippen molar-refractivity contribution in [2.45, 2.75) is 45.2 Å². The number of nitrogens with one attached hydrogen (secondary N) is 2. The Labute approximate surface area is 163 Å². The smallest absolute Gasteiger partial charge is 0.328 e. The molecule has 27 heavy (non-hydrogen) atoms. The van der Waals surface area contributed by atoms with Crippen molar-refractivity contribution >= 4 is 11.9 Å². The number of nitrogens with zero attached hydrogens (tertiary/aromatic N) is 1. The molecule has 1 unspecified atom stereocenters. The van der Waals surface area contributed by atoms with E-state index in [1.54, 1.807) is 18.1 Å². The van der Waals surface area contributed by atoms with Crippen LogP contribution in [0.5, 0.6) is 5.75 Å². The van der Waals surface area contributed by atoms with Gasteiger partial charge in [0.2, 0.25) is 0 Å². The fraction of sp³-hybridized carbons (Fsp3) is 0.500. The lowest BCUT2D eigenvalue weighted by molar-refractivity contribution is 0.299. The highest BCUT2D eigenvalue weighted by atomic mass is 32.2. The standard InChI is InChI=1S/C20H27N3O3S/c1-2-18(16-5-3-6-17(13-16)26-14-15-7-8-15)22-27-12-4-10-23-11-9-19(24)21-20(23)25/h3,5-6,9,11,13,15,18,22H,2,4,7-8,10,12,14H2,1H3,(H,21,24,25). The summed E-state index contributed by atoms with van der Waals surface area (Å²) >= 11 is 1.67. The molecule has 1 atom stereocenters. The van der Waals surface area contributed by atoms with Crippen molar-refractivity contribution in [2.24, 2.45) is 5.92 Å². The van der Waals surface area contributed by atoms with Gasteiger partial charge in [-0.05, 0) is 49.3 Å². The number of benzene rings is 1. The minimum Gasteiger partial charge on any atom is -0.493 e. The van der Waals surface area contributed by atoms with E-state index < -0.39 is 0 Å². The van der Waals surface area contributed by atoms with Gasteiger partial charge in [-0.3, -0.25) is 14.5 Å². The van der Waals surface area contributed by atoms with Crippen LogP contribution in [0.4, 0.5) is 0 Å². The van der Waals surface area contributed by atoms with E-state index in [2.05, 4.69) is 34.8 Å². The number of hydrogen-bond acceptors (Lipinski definition) is 5. The zero-order valence-electron chi connectivity index (χ0n) is 15.6. The summed E-state index contributed by atoms with van der Waals surface area (Å²) in [4.78, 5) is 25.0. The minimum atomic E-state index is -0.360. The molecular formula is C20H27N3O3S. The lowest BCUT2D eigenvalue weighted by Crippen LogP contribution is -2.28. The van der Waals surface area contributed by atoms with E-state index in [1.807, 2.05) is 6.07 Å². The summed E-state index contributed by atoms with van der Waals surface area (Å²) in [5, 5.41) is 0. The summed E-state index contributed by atoms with van der Waals surface area (Å²) in [5.74, 6) is 2.57. The van der Waals surface area contributed by atoms with Crippen LogP contribution < -0.4 is 20.7 Å². The summed E-state index contributed by atoms with van der Waals surface area (Å²) < 4.78 is 10.9.